The van der Waals surface area contributed by atoms with E-state index in [2.05, 4.69) is 25.6 Å². The molecule has 0 atom stereocenters. The van der Waals surface area contributed by atoms with Crippen LogP contribution < -0.4 is 31.6 Å². The Morgan fingerprint density at radius 1 is 0.800 bits per heavy atom. The number of imidazole rings is 2. The lowest BCUT2D eigenvalue weighted by atomic mass is 10.1. The number of hydrogen-bond donors (Lipinski definition) is 5. The fraction of sp³-hybridized carbons (Fsp3) is 0.409. The number of anilines is 2. The fourth-order valence-electron chi connectivity index (χ4n) is 7.59. The third kappa shape index (κ3) is 10.5. The Balaban J connectivity index is 1.27. The van der Waals surface area contributed by atoms with Crippen molar-refractivity contribution in [2.24, 2.45) is 11.5 Å². The molecule has 0 radical (unpaired) electrons. The maximum Gasteiger partial charge on any atom is 0.295 e. The number of aliphatic hydroxyl groups is 1. The smallest absolute Gasteiger partial charge is 0.295 e. The van der Waals surface area contributed by atoms with Gasteiger partial charge in [-0.1, -0.05) is 19.1 Å². The zero-order valence-corrected chi connectivity index (χ0v) is 36.9. The van der Waals surface area contributed by atoms with Crippen LogP contribution in [0, 0.1) is 13.8 Å². The van der Waals surface area contributed by atoms with Crippen molar-refractivity contribution in [3.05, 3.63) is 82.3 Å². The SMILES string of the molecule is CCc1nc(C)oc1C(=O)Nc1nc2cc(C(N)=O)cc(OCCCN3CCOCC3)c2n1C/C=C/Cn1c(NC(=O)c2cc(C)nn2CC)nc2cc(C(N)=O)cc(OCCCO)c21. The number of primary amides is 2. The van der Waals surface area contributed by atoms with Gasteiger partial charge in [0.15, 0.2) is 5.89 Å². The third-order valence-corrected chi connectivity index (χ3v) is 10.7. The first-order valence-corrected chi connectivity index (χ1v) is 21.5. The highest BCUT2D eigenvalue weighted by atomic mass is 16.5. The number of oxazole rings is 1. The van der Waals surface area contributed by atoms with Crippen LogP contribution in [0.4, 0.5) is 11.9 Å². The number of aliphatic hydroxyl groups excluding tert-OH is 1. The summed E-state index contributed by atoms with van der Waals surface area (Å²) in [6, 6.07) is 7.80. The van der Waals surface area contributed by atoms with Crippen LogP contribution in [0.25, 0.3) is 22.1 Å². The maximum atomic E-state index is 13.8. The summed E-state index contributed by atoms with van der Waals surface area (Å²) in [5.74, 6) is -1.15. The molecule has 4 amide bonds. The fourth-order valence-corrected chi connectivity index (χ4v) is 7.59. The Morgan fingerprint density at radius 2 is 1.37 bits per heavy atom. The number of nitrogens with zero attached hydrogens (tertiary/aromatic N) is 8. The van der Waals surface area contributed by atoms with Gasteiger partial charge in [0.05, 0.1) is 48.8 Å². The van der Waals surface area contributed by atoms with Gasteiger partial charge in [0, 0.05) is 70.3 Å². The number of aromatic nitrogens is 7. The molecule has 0 unspecified atom stereocenters. The van der Waals surface area contributed by atoms with E-state index in [4.69, 9.17) is 40.1 Å². The van der Waals surface area contributed by atoms with Crippen LogP contribution in [-0.4, -0.2) is 120 Å². The Kier molecular flexibility index (Phi) is 14.6. The standard InChI is InChI=1S/C44H54N12O9/c1-5-30-38(65-27(4)47-30)42(61)51-44-49-32-23-28(39(45)58)24-34(63-17-9-11-53-14-19-62-20-15-53)36(32)55(44)13-8-7-12-54-37-31(22-29(40(46)59)25-35(37)64-18-10-16-57)48-43(54)50-41(60)33-21-26(3)52-56(33)6-2/h7-8,21-25,57H,5-6,9-20H2,1-4H3,(H2,45,58)(H2,46,59)(H,48,50,60)(H,49,51,61)/b8-7+. The molecule has 1 fully saturated rings. The minimum Gasteiger partial charge on any atom is -0.491 e. The molecule has 0 bridgehead atoms. The number of carbonyl (C=O) groups is 4. The molecule has 344 valence electrons. The van der Waals surface area contributed by atoms with Gasteiger partial charge in [0.25, 0.3) is 11.8 Å². The number of ether oxygens (including phenoxy) is 3. The Hall–Kier alpha value is -7.10. The molecule has 0 saturated carbocycles. The van der Waals surface area contributed by atoms with Gasteiger partial charge in [0.2, 0.25) is 29.5 Å². The van der Waals surface area contributed by atoms with Crippen LogP contribution in [0.2, 0.25) is 0 Å². The van der Waals surface area contributed by atoms with Crippen LogP contribution in [0.1, 0.15) is 85.7 Å². The van der Waals surface area contributed by atoms with E-state index >= 15 is 0 Å². The van der Waals surface area contributed by atoms with Gasteiger partial charge in [-0.3, -0.25) is 39.4 Å². The van der Waals surface area contributed by atoms with E-state index in [0.29, 0.717) is 96.4 Å². The Morgan fingerprint density at radius 3 is 1.91 bits per heavy atom. The van der Waals surface area contributed by atoms with Gasteiger partial charge in [-0.05, 0) is 57.0 Å². The molecule has 0 aliphatic carbocycles. The molecule has 1 aliphatic heterocycles. The average molecular weight is 895 g/mol. The zero-order valence-electron chi connectivity index (χ0n) is 36.9. The topological polar surface area (TPSA) is 275 Å². The second-order valence-corrected chi connectivity index (χ2v) is 15.3. The Bertz CT molecular complexity index is 2740. The summed E-state index contributed by atoms with van der Waals surface area (Å²) in [5, 5.41) is 19.7. The first kappa shape index (κ1) is 45.9. The third-order valence-electron chi connectivity index (χ3n) is 10.7. The number of allylic oxidation sites excluding steroid dienone is 2. The van der Waals surface area contributed by atoms with Gasteiger partial charge in [-0.2, -0.15) is 5.10 Å². The lowest BCUT2D eigenvalue weighted by Gasteiger charge is -2.26. The molecule has 5 heterocycles. The Labute approximate surface area is 373 Å². The lowest BCUT2D eigenvalue weighted by Crippen LogP contribution is -2.37. The normalized spacial score (nSPS) is 13.2. The molecule has 4 aromatic heterocycles. The van der Waals surface area contributed by atoms with Gasteiger partial charge in [-0.15, -0.1) is 0 Å². The van der Waals surface area contributed by atoms with Crippen molar-refractivity contribution in [1.82, 2.24) is 38.8 Å². The molecule has 0 spiro atoms. The summed E-state index contributed by atoms with van der Waals surface area (Å²) in [6.07, 6.45) is 5.11. The van der Waals surface area contributed by atoms with Crippen molar-refractivity contribution in [2.45, 2.75) is 66.6 Å². The summed E-state index contributed by atoms with van der Waals surface area (Å²) in [4.78, 5) is 68.7. The van der Waals surface area contributed by atoms with Crippen molar-refractivity contribution >= 4 is 57.6 Å². The number of morpholine rings is 1. The van der Waals surface area contributed by atoms with Crippen molar-refractivity contribution < 1.29 is 42.9 Å². The molecule has 2 aromatic carbocycles. The lowest BCUT2D eigenvalue weighted by molar-refractivity contribution is 0.0358. The number of nitrogens with two attached hydrogens (primary N) is 2. The summed E-state index contributed by atoms with van der Waals surface area (Å²) in [7, 11) is 0. The number of fused-ring (bicyclic) bond motifs is 2. The minimum absolute atomic E-state index is 0.0479. The number of hydrogen-bond acceptors (Lipinski definition) is 14. The first-order chi connectivity index (χ1) is 31.4. The van der Waals surface area contributed by atoms with E-state index < -0.39 is 23.6 Å². The second kappa shape index (κ2) is 20.6. The van der Waals surface area contributed by atoms with Crippen LogP contribution in [-0.2, 0) is 30.8 Å². The predicted octanol–water partition coefficient (Wildman–Crippen LogP) is 3.59. The molecular formula is C44H54N12O9. The second-order valence-electron chi connectivity index (χ2n) is 15.3. The number of rotatable bonds is 21. The largest absolute Gasteiger partial charge is 0.491 e. The number of amides is 4. The molecule has 6 aromatic rings. The number of aryl methyl sites for hydroxylation is 4. The molecule has 7 N–H and O–H groups in total. The van der Waals surface area contributed by atoms with E-state index in [1.165, 1.54) is 12.1 Å². The summed E-state index contributed by atoms with van der Waals surface area (Å²) in [6.45, 7) is 12.0. The molecule has 1 aliphatic rings. The summed E-state index contributed by atoms with van der Waals surface area (Å²) < 4.78 is 28.7. The average Bonchev–Trinajstić information content (AvgIpc) is 4.06. The summed E-state index contributed by atoms with van der Waals surface area (Å²) >= 11 is 0. The molecule has 21 nitrogen and oxygen atoms in total. The monoisotopic (exact) mass is 894 g/mol. The molecule has 7 rings (SSSR count). The van der Waals surface area contributed by atoms with E-state index in [1.807, 2.05) is 26.0 Å². The van der Waals surface area contributed by atoms with Crippen LogP contribution in [0.5, 0.6) is 11.5 Å². The van der Waals surface area contributed by atoms with Crippen molar-refractivity contribution in [3.63, 3.8) is 0 Å². The van der Waals surface area contributed by atoms with Gasteiger partial charge in [-0.25, -0.2) is 15.0 Å². The van der Waals surface area contributed by atoms with Gasteiger partial charge in [0.1, 0.15) is 28.2 Å². The molecule has 21 heteroatoms. The van der Waals surface area contributed by atoms with E-state index in [9.17, 15) is 24.3 Å². The number of benzene rings is 2. The van der Waals surface area contributed by atoms with Gasteiger partial charge < -0.3 is 44.3 Å². The predicted molar refractivity (Wildman–Crippen MR) is 239 cm³/mol. The molecule has 65 heavy (non-hydrogen) atoms. The molecular weight excluding hydrogens is 841 g/mol. The van der Waals surface area contributed by atoms with Crippen LogP contribution in [0.15, 0.2) is 46.9 Å². The van der Waals surface area contributed by atoms with Crippen LogP contribution in [0.3, 0.4) is 0 Å². The van der Waals surface area contributed by atoms with Crippen molar-refractivity contribution in [3.8, 4) is 11.5 Å². The quantitative estimate of drug-likeness (QED) is 0.0511. The van der Waals surface area contributed by atoms with Crippen molar-refractivity contribution in [1.29, 1.82) is 0 Å². The van der Waals surface area contributed by atoms with E-state index in [-0.39, 0.29) is 60.8 Å². The van der Waals surface area contributed by atoms with E-state index in [1.54, 1.807) is 45.9 Å². The highest BCUT2D eigenvalue weighted by Crippen LogP contribution is 2.33. The van der Waals surface area contributed by atoms with Gasteiger partial charge >= 0.3 is 0 Å². The van der Waals surface area contributed by atoms with Crippen LogP contribution >= 0.6 is 0 Å². The number of nitrogens with one attached hydrogen (secondary N) is 2. The highest BCUT2D eigenvalue weighted by Gasteiger charge is 2.25. The molecule has 1 saturated heterocycles. The zero-order chi connectivity index (χ0) is 46.2. The number of carbonyl (C=O) groups excluding carboxylic acids is 4. The highest BCUT2D eigenvalue weighted by molar-refractivity contribution is 6.05. The first-order valence-electron chi connectivity index (χ1n) is 21.5. The van der Waals surface area contributed by atoms with E-state index in [0.717, 1.165) is 19.6 Å². The minimum atomic E-state index is -0.704. The maximum absolute atomic E-state index is 13.8. The van der Waals surface area contributed by atoms with Crippen molar-refractivity contribution in [2.75, 3.05) is 63.3 Å². The summed E-state index contributed by atoms with van der Waals surface area (Å²) in [5.41, 5.74) is 14.9.